The summed E-state index contributed by atoms with van der Waals surface area (Å²) in [7, 11) is 1.73. The van der Waals surface area contributed by atoms with Gasteiger partial charge in [0, 0.05) is 13.1 Å². The highest BCUT2D eigenvalue weighted by molar-refractivity contribution is 5.89. The van der Waals surface area contributed by atoms with E-state index in [0.29, 0.717) is 0 Å². The third kappa shape index (κ3) is 3.72. The first-order valence-corrected chi connectivity index (χ1v) is 6.25. The zero-order valence-electron chi connectivity index (χ0n) is 11.5. The van der Waals surface area contributed by atoms with Crippen LogP contribution in [0.4, 0.5) is 14.9 Å². The first-order valence-electron chi connectivity index (χ1n) is 6.25. The molecule has 100 valence electrons. The van der Waals surface area contributed by atoms with Gasteiger partial charge in [-0.3, -0.25) is 0 Å². The molecule has 0 aromatic heterocycles. The number of urea groups is 1. The molecule has 0 heterocycles. The molecule has 1 N–H and O–H groups in total. The number of halogens is 1. The number of rotatable bonds is 4. The molecule has 4 heteroatoms. The lowest BCUT2D eigenvalue weighted by Crippen LogP contribution is -2.38. The topological polar surface area (TPSA) is 32.3 Å². The van der Waals surface area contributed by atoms with E-state index >= 15 is 0 Å². The Morgan fingerprint density at radius 2 is 2.17 bits per heavy atom. The molecule has 3 nitrogen and oxygen atoms in total. The number of hydrogen-bond acceptors (Lipinski definition) is 1. The van der Waals surface area contributed by atoms with E-state index < -0.39 is 5.82 Å². The highest BCUT2D eigenvalue weighted by atomic mass is 19.1. The van der Waals surface area contributed by atoms with Crippen molar-refractivity contribution in [3.05, 3.63) is 29.6 Å². The SMILES string of the molecule is CCC[C@@H](C)N(C)C(=O)Nc1cc(C)ccc1F. The maximum Gasteiger partial charge on any atom is 0.321 e. The lowest BCUT2D eigenvalue weighted by atomic mass is 10.2. The van der Waals surface area contributed by atoms with E-state index in [0.717, 1.165) is 18.4 Å². The van der Waals surface area contributed by atoms with Crippen LogP contribution in [0.2, 0.25) is 0 Å². The van der Waals surface area contributed by atoms with Gasteiger partial charge in [0.15, 0.2) is 0 Å². The fourth-order valence-corrected chi connectivity index (χ4v) is 1.75. The van der Waals surface area contributed by atoms with E-state index in [1.807, 2.05) is 13.8 Å². The Hall–Kier alpha value is -1.58. The molecule has 2 amide bonds. The minimum absolute atomic E-state index is 0.142. The summed E-state index contributed by atoms with van der Waals surface area (Å²) in [6.07, 6.45) is 1.94. The lowest BCUT2D eigenvalue weighted by molar-refractivity contribution is 0.204. The molecule has 1 aromatic rings. The number of anilines is 1. The fraction of sp³-hybridized carbons (Fsp3) is 0.500. The molecule has 1 aromatic carbocycles. The van der Waals surface area contributed by atoms with Gasteiger partial charge in [-0.15, -0.1) is 0 Å². The Labute approximate surface area is 108 Å². The largest absolute Gasteiger partial charge is 0.325 e. The number of carbonyl (C=O) groups excluding carboxylic acids is 1. The van der Waals surface area contributed by atoms with Crippen LogP contribution < -0.4 is 5.32 Å². The summed E-state index contributed by atoms with van der Waals surface area (Å²) in [5.41, 5.74) is 1.14. The molecule has 0 aliphatic rings. The van der Waals surface area contributed by atoms with Crippen LogP contribution in [0.25, 0.3) is 0 Å². The van der Waals surface area contributed by atoms with E-state index in [9.17, 15) is 9.18 Å². The molecule has 0 fully saturated rings. The lowest BCUT2D eigenvalue weighted by Gasteiger charge is -2.25. The Balaban J connectivity index is 2.72. The number of benzene rings is 1. The highest BCUT2D eigenvalue weighted by Crippen LogP contribution is 2.16. The van der Waals surface area contributed by atoms with Crippen LogP contribution in [0.5, 0.6) is 0 Å². The molecule has 1 atom stereocenters. The number of hydrogen-bond donors (Lipinski definition) is 1. The van der Waals surface area contributed by atoms with Crippen LogP contribution >= 0.6 is 0 Å². The van der Waals surface area contributed by atoms with Gasteiger partial charge >= 0.3 is 6.03 Å². The van der Waals surface area contributed by atoms with Gasteiger partial charge in [-0.2, -0.15) is 0 Å². The average Bonchev–Trinajstić information content (AvgIpc) is 2.33. The quantitative estimate of drug-likeness (QED) is 0.868. The summed E-state index contributed by atoms with van der Waals surface area (Å²) in [5.74, 6) is -0.412. The Kier molecular flexibility index (Phi) is 5.13. The summed E-state index contributed by atoms with van der Waals surface area (Å²) < 4.78 is 13.5. The Bertz CT molecular complexity index is 420. The monoisotopic (exact) mass is 252 g/mol. The van der Waals surface area contributed by atoms with Gasteiger partial charge in [0.25, 0.3) is 0 Å². The molecule has 0 saturated carbocycles. The minimum atomic E-state index is -0.412. The molecule has 0 radical (unpaired) electrons. The molecule has 0 spiro atoms. The van der Waals surface area contributed by atoms with Crippen LogP contribution in [0, 0.1) is 12.7 Å². The number of aryl methyl sites for hydroxylation is 1. The summed E-state index contributed by atoms with van der Waals surface area (Å²) in [5, 5.41) is 2.60. The average molecular weight is 252 g/mol. The second-order valence-corrected chi connectivity index (χ2v) is 4.66. The summed E-state index contributed by atoms with van der Waals surface area (Å²) in [6.45, 7) is 5.91. The molecule has 0 saturated heterocycles. The standard InChI is InChI=1S/C14H21FN2O/c1-5-6-11(3)17(4)14(18)16-13-9-10(2)7-8-12(13)15/h7-9,11H,5-6H2,1-4H3,(H,16,18)/t11-/m1/s1. The molecule has 0 aliphatic heterocycles. The van der Waals surface area contributed by atoms with Crippen molar-refractivity contribution in [3.63, 3.8) is 0 Å². The minimum Gasteiger partial charge on any atom is -0.325 e. The molecule has 18 heavy (non-hydrogen) atoms. The van der Waals surface area contributed by atoms with Crippen molar-refractivity contribution in [2.45, 2.75) is 39.7 Å². The molecule has 1 rings (SSSR count). The second kappa shape index (κ2) is 6.38. The van der Waals surface area contributed by atoms with Crippen molar-refractivity contribution in [1.29, 1.82) is 0 Å². The molecule has 0 aliphatic carbocycles. The van der Waals surface area contributed by atoms with Crippen molar-refractivity contribution in [2.75, 3.05) is 12.4 Å². The smallest absolute Gasteiger partial charge is 0.321 e. The molecule has 0 bridgehead atoms. The molecular weight excluding hydrogens is 231 g/mol. The van der Waals surface area contributed by atoms with Crippen molar-refractivity contribution in [3.8, 4) is 0 Å². The Morgan fingerprint density at radius 1 is 1.50 bits per heavy atom. The maximum atomic E-state index is 13.5. The van der Waals surface area contributed by atoms with E-state index in [1.54, 1.807) is 24.1 Å². The van der Waals surface area contributed by atoms with Crippen LogP contribution in [-0.2, 0) is 0 Å². The summed E-state index contributed by atoms with van der Waals surface area (Å²) >= 11 is 0. The van der Waals surface area contributed by atoms with Gasteiger partial charge in [-0.1, -0.05) is 19.4 Å². The van der Waals surface area contributed by atoms with Crippen LogP contribution in [0.3, 0.4) is 0 Å². The predicted molar refractivity (Wildman–Crippen MR) is 72.3 cm³/mol. The third-order valence-electron chi connectivity index (χ3n) is 3.05. The van der Waals surface area contributed by atoms with Crippen LogP contribution in [0.15, 0.2) is 18.2 Å². The first kappa shape index (κ1) is 14.5. The normalized spacial score (nSPS) is 12.1. The van der Waals surface area contributed by atoms with Gasteiger partial charge in [0.1, 0.15) is 5.82 Å². The van der Waals surface area contributed by atoms with Gasteiger partial charge < -0.3 is 10.2 Å². The van der Waals surface area contributed by atoms with E-state index in [1.165, 1.54) is 6.07 Å². The molecule has 0 unspecified atom stereocenters. The summed E-state index contributed by atoms with van der Waals surface area (Å²) in [4.78, 5) is 13.5. The zero-order valence-corrected chi connectivity index (χ0v) is 11.5. The summed E-state index contributed by atoms with van der Waals surface area (Å²) in [6, 6.07) is 4.53. The molecular formula is C14H21FN2O. The third-order valence-corrected chi connectivity index (χ3v) is 3.05. The number of nitrogens with one attached hydrogen (secondary N) is 1. The fourth-order valence-electron chi connectivity index (χ4n) is 1.75. The second-order valence-electron chi connectivity index (χ2n) is 4.66. The van der Waals surface area contributed by atoms with Gasteiger partial charge in [0.05, 0.1) is 5.69 Å². The Morgan fingerprint density at radius 3 is 2.78 bits per heavy atom. The van der Waals surface area contributed by atoms with Gasteiger partial charge in [0.2, 0.25) is 0 Å². The van der Waals surface area contributed by atoms with Crippen molar-refractivity contribution in [1.82, 2.24) is 4.90 Å². The number of carbonyl (C=O) groups is 1. The van der Waals surface area contributed by atoms with E-state index in [-0.39, 0.29) is 17.8 Å². The van der Waals surface area contributed by atoms with E-state index in [4.69, 9.17) is 0 Å². The number of amides is 2. The van der Waals surface area contributed by atoms with E-state index in [2.05, 4.69) is 12.2 Å². The predicted octanol–water partition coefficient (Wildman–Crippen LogP) is 3.79. The maximum absolute atomic E-state index is 13.5. The number of nitrogens with zero attached hydrogens (tertiary/aromatic N) is 1. The van der Waals surface area contributed by atoms with Crippen molar-refractivity contribution < 1.29 is 9.18 Å². The van der Waals surface area contributed by atoms with Gasteiger partial charge in [-0.25, -0.2) is 9.18 Å². The van der Waals surface area contributed by atoms with Gasteiger partial charge in [-0.05, 0) is 38.0 Å². The van der Waals surface area contributed by atoms with Crippen molar-refractivity contribution in [2.24, 2.45) is 0 Å². The van der Waals surface area contributed by atoms with Crippen molar-refractivity contribution >= 4 is 11.7 Å². The van der Waals surface area contributed by atoms with Crippen LogP contribution in [0.1, 0.15) is 32.3 Å². The first-order chi connectivity index (χ1) is 8.45. The highest BCUT2D eigenvalue weighted by Gasteiger charge is 2.16. The van der Waals surface area contributed by atoms with Crippen LogP contribution in [-0.4, -0.2) is 24.0 Å². The zero-order chi connectivity index (χ0) is 13.7.